The Morgan fingerprint density at radius 2 is 2.24 bits per heavy atom. The molecule has 0 aliphatic carbocycles. The van der Waals surface area contributed by atoms with Crippen LogP contribution >= 0.6 is 11.6 Å². The first kappa shape index (κ1) is 12.1. The molecule has 1 heterocycles. The van der Waals surface area contributed by atoms with E-state index in [1.165, 1.54) is 0 Å². The molecule has 0 unspecified atom stereocenters. The molecule has 0 bridgehead atoms. The van der Waals surface area contributed by atoms with Gasteiger partial charge in [0.25, 0.3) is 0 Å². The lowest BCUT2D eigenvalue weighted by Gasteiger charge is -1.96. The Morgan fingerprint density at radius 3 is 3.00 bits per heavy atom. The van der Waals surface area contributed by atoms with E-state index >= 15 is 0 Å². The van der Waals surface area contributed by atoms with Gasteiger partial charge in [-0.3, -0.25) is 0 Å². The average molecular weight is 252 g/mol. The molecule has 0 radical (unpaired) electrons. The van der Waals surface area contributed by atoms with Crippen molar-refractivity contribution in [2.24, 2.45) is 5.73 Å². The summed E-state index contributed by atoms with van der Waals surface area (Å²) in [6.45, 7) is 0.637. The van der Waals surface area contributed by atoms with Gasteiger partial charge >= 0.3 is 0 Å². The first-order chi connectivity index (χ1) is 8.28. The van der Waals surface area contributed by atoms with Gasteiger partial charge in [0, 0.05) is 11.4 Å². The van der Waals surface area contributed by atoms with E-state index < -0.39 is 0 Å². The number of hydrogen-bond acceptors (Lipinski definition) is 4. The fourth-order valence-electron chi connectivity index (χ4n) is 1.55. The third kappa shape index (κ3) is 3.54. The minimum Gasteiger partial charge on any atom is -0.339 e. The van der Waals surface area contributed by atoms with Gasteiger partial charge in [0.15, 0.2) is 5.82 Å². The van der Waals surface area contributed by atoms with E-state index in [0.29, 0.717) is 29.7 Å². The molecule has 0 aliphatic heterocycles. The summed E-state index contributed by atoms with van der Waals surface area (Å²) in [6, 6.07) is 7.62. The number of hydrogen-bond donors (Lipinski definition) is 1. The molecule has 2 N–H and O–H groups in total. The average Bonchev–Trinajstić information content (AvgIpc) is 2.74. The number of aryl methyl sites for hydroxylation is 1. The number of rotatable bonds is 5. The molecular formula is C12H14ClN3O. The lowest BCUT2D eigenvalue weighted by Crippen LogP contribution is -2.01. The van der Waals surface area contributed by atoms with Crippen LogP contribution in [0, 0.1) is 0 Å². The highest BCUT2D eigenvalue weighted by atomic mass is 35.5. The third-order valence-electron chi connectivity index (χ3n) is 2.36. The predicted molar refractivity (Wildman–Crippen MR) is 65.9 cm³/mol. The number of aromatic nitrogens is 2. The van der Waals surface area contributed by atoms with Gasteiger partial charge in [0.05, 0.1) is 6.42 Å². The Balaban J connectivity index is 2.01. The van der Waals surface area contributed by atoms with Crippen LogP contribution in [0.2, 0.25) is 5.02 Å². The molecule has 0 saturated heterocycles. The second-order valence-electron chi connectivity index (χ2n) is 3.80. The Kier molecular flexibility index (Phi) is 4.12. The van der Waals surface area contributed by atoms with Crippen LogP contribution in [0.5, 0.6) is 0 Å². The lowest BCUT2D eigenvalue weighted by molar-refractivity contribution is 0.379. The van der Waals surface area contributed by atoms with Gasteiger partial charge < -0.3 is 10.3 Å². The highest BCUT2D eigenvalue weighted by Gasteiger charge is 2.06. The molecule has 1 aromatic heterocycles. The molecule has 17 heavy (non-hydrogen) atoms. The summed E-state index contributed by atoms with van der Waals surface area (Å²) in [5, 5.41) is 4.61. The second kappa shape index (κ2) is 5.80. The maximum atomic E-state index is 5.90. The van der Waals surface area contributed by atoms with E-state index in [9.17, 15) is 0 Å². The Bertz CT molecular complexity index is 484. The maximum absolute atomic E-state index is 5.90. The zero-order chi connectivity index (χ0) is 12.1. The topological polar surface area (TPSA) is 64.9 Å². The summed E-state index contributed by atoms with van der Waals surface area (Å²) in [6.07, 6.45) is 2.24. The van der Waals surface area contributed by atoms with Crippen molar-refractivity contribution in [3.63, 3.8) is 0 Å². The van der Waals surface area contributed by atoms with Gasteiger partial charge in [-0.15, -0.1) is 0 Å². The fourth-order valence-corrected chi connectivity index (χ4v) is 1.76. The van der Waals surface area contributed by atoms with Crippen LogP contribution in [-0.2, 0) is 12.8 Å². The highest BCUT2D eigenvalue weighted by molar-refractivity contribution is 6.30. The Morgan fingerprint density at radius 1 is 1.35 bits per heavy atom. The van der Waals surface area contributed by atoms with Crippen molar-refractivity contribution in [2.45, 2.75) is 19.3 Å². The molecule has 0 amide bonds. The number of nitrogens with zero attached hydrogens (tertiary/aromatic N) is 2. The van der Waals surface area contributed by atoms with Crippen molar-refractivity contribution in [1.82, 2.24) is 10.1 Å². The zero-order valence-electron chi connectivity index (χ0n) is 9.40. The molecule has 0 spiro atoms. The van der Waals surface area contributed by atoms with Crippen LogP contribution in [0.1, 0.15) is 23.7 Å². The largest absolute Gasteiger partial charge is 0.339 e. The number of benzene rings is 1. The summed E-state index contributed by atoms with van der Waals surface area (Å²) in [5.41, 5.74) is 6.48. The summed E-state index contributed by atoms with van der Waals surface area (Å²) in [5.74, 6) is 1.33. The smallest absolute Gasteiger partial charge is 0.231 e. The third-order valence-corrected chi connectivity index (χ3v) is 2.59. The van der Waals surface area contributed by atoms with Crippen molar-refractivity contribution >= 4 is 11.6 Å². The summed E-state index contributed by atoms with van der Waals surface area (Å²) in [7, 11) is 0. The van der Waals surface area contributed by atoms with Crippen LogP contribution < -0.4 is 5.73 Å². The van der Waals surface area contributed by atoms with Gasteiger partial charge in [-0.05, 0) is 30.7 Å². The molecule has 1 aromatic carbocycles. The normalized spacial score (nSPS) is 10.7. The lowest BCUT2D eigenvalue weighted by atomic mass is 10.1. The molecule has 2 rings (SSSR count). The summed E-state index contributed by atoms with van der Waals surface area (Å²) in [4.78, 5) is 4.30. The standard InChI is InChI=1S/C12H14ClN3O/c13-10-4-1-3-9(7-10)8-12-15-11(16-17-12)5-2-6-14/h1,3-4,7H,2,5-6,8,14H2. The monoisotopic (exact) mass is 251 g/mol. The van der Waals surface area contributed by atoms with Crippen LogP contribution in [0.25, 0.3) is 0 Å². The second-order valence-corrected chi connectivity index (χ2v) is 4.24. The first-order valence-corrected chi connectivity index (χ1v) is 5.91. The van der Waals surface area contributed by atoms with Crippen molar-refractivity contribution in [1.29, 1.82) is 0 Å². The van der Waals surface area contributed by atoms with E-state index in [0.717, 1.165) is 18.4 Å². The molecule has 0 saturated carbocycles. The first-order valence-electron chi connectivity index (χ1n) is 5.54. The molecule has 2 aromatic rings. The van der Waals surface area contributed by atoms with E-state index in [1.54, 1.807) is 0 Å². The van der Waals surface area contributed by atoms with Crippen LogP contribution in [0.4, 0.5) is 0 Å². The summed E-state index contributed by atoms with van der Waals surface area (Å²) >= 11 is 5.90. The summed E-state index contributed by atoms with van der Waals surface area (Å²) < 4.78 is 5.16. The molecule has 90 valence electrons. The number of nitrogens with two attached hydrogens (primary N) is 1. The Hall–Kier alpha value is -1.39. The Labute approximate surface area is 105 Å². The predicted octanol–water partition coefficient (Wildman–Crippen LogP) is 2.21. The van der Waals surface area contributed by atoms with Gasteiger partial charge in [0.2, 0.25) is 5.89 Å². The van der Waals surface area contributed by atoms with Crippen molar-refractivity contribution in [3.05, 3.63) is 46.6 Å². The van der Waals surface area contributed by atoms with Crippen LogP contribution in [0.15, 0.2) is 28.8 Å². The van der Waals surface area contributed by atoms with Crippen molar-refractivity contribution < 1.29 is 4.52 Å². The minimum absolute atomic E-state index is 0.607. The minimum atomic E-state index is 0.607. The van der Waals surface area contributed by atoms with Gasteiger partial charge in [-0.2, -0.15) is 4.98 Å². The van der Waals surface area contributed by atoms with Gasteiger partial charge in [-0.1, -0.05) is 28.9 Å². The molecule has 0 aliphatic rings. The number of halogens is 1. The van der Waals surface area contributed by atoms with Crippen LogP contribution in [0.3, 0.4) is 0 Å². The van der Waals surface area contributed by atoms with E-state index in [2.05, 4.69) is 10.1 Å². The molecule has 0 fully saturated rings. The SMILES string of the molecule is NCCCc1noc(Cc2cccc(Cl)c2)n1. The fraction of sp³-hybridized carbons (Fsp3) is 0.333. The van der Waals surface area contributed by atoms with E-state index in [-0.39, 0.29) is 0 Å². The van der Waals surface area contributed by atoms with E-state index in [4.69, 9.17) is 21.9 Å². The molecule has 4 nitrogen and oxygen atoms in total. The van der Waals surface area contributed by atoms with Crippen molar-refractivity contribution in [2.75, 3.05) is 6.54 Å². The van der Waals surface area contributed by atoms with Crippen molar-refractivity contribution in [3.8, 4) is 0 Å². The highest BCUT2D eigenvalue weighted by Crippen LogP contribution is 2.14. The van der Waals surface area contributed by atoms with Crippen LogP contribution in [-0.4, -0.2) is 16.7 Å². The molecule has 0 atom stereocenters. The van der Waals surface area contributed by atoms with Gasteiger partial charge in [-0.25, -0.2) is 0 Å². The maximum Gasteiger partial charge on any atom is 0.231 e. The zero-order valence-corrected chi connectivity index (χ0v) is 10.2. The molecule has 5 heteroatoms. The van der Waals surface area contributed by atoms with Gasteiger partial charge in [0.1, 0.15) is 0 Å². The quantitative estimate of drug-likeness (QED) is 0.885. The molecular weight excluding hydrogens is 238 g/mol. The van der Waals surface area contributed by atoms with E-state index in [1.807, 2.05) is 24.3 Å².